The first-order valence-corrected chi connectivity index (χ1v) is 6.50. The molecule has 0 saturated heterocycles. The Balaban J connectivity index is 2.45. The van der Waals surface area contributed by atoms with E-state index in [1.54, 1.807) is 18.3 Å². The molecule has 0 spiro atoms. The van der Waals surface area contributed by atoms with Gasteiger partial charge in [-0.25, -0.2) is 9.78 Å². The molecule has 2 rings (SSSR count). The maximum Gasteiger partial charge on any atom is 0.323 e. The highest BCUT2D eigenvalue weighted by Gasteiger charge is 2.21. The third kappa shape index (κ3) is 2.79. The van der Waals surface area contributed by atoms with E-state index in [1.165, 1.54) is 0 Å². The maximum absolute atomic E-state index is 12.5. The van der Waals surface area contributed by atoms with E-state index in [0.29, 0.717) is 17.7 Å². The standard InChI is InChI=1S/C14H17N3O3/c1-4-10-11(17-14(19)16-10)12(18)9-6-5-7-15-13(9)20-8(2)3/h5-8H,4H2,1-3H3,(H2,16,17,19). The molecule has 20 heavy (non-hydrogen) atoms. The van der Waals surface area contributed by atoms with Gasteiger partial charge in [0.1, 0.15) is 5.69 Å². The van der Waals surface area contributed by atoms with E-state index in [1.807, 2.05) is 20.8 Å². The molecule has 106 valence electrons. The largest absolute Gasteiger partial charge is 0.474 e. The van der Waals surface area contributed by atoms with Crippen LogP contribution in [0.1, 0.15) is 42.5 Å². The number of ether oxygens (including phenoxy) is 1. The number of imidazole rings is 1. The molecule has 0 aliphatic carbocycles. The summed E-state index contributed by atoms with van der Waals surface area (Å²) in [6, 6.07) is 3.30. The summed E-state index contributed by atoms with van der Waals surface area (Å²) >= 11 is 0. The molecule has 0 fully saturated rings. The predicted molar refractivity (Wildman–Crippen MR) is 74.2 cm³/mol. The van der Waals surface area contributed by atoms with E-state index in [2.05, 4.69) is 15.0 Å². The molecule has 6 nitrogen and oxygen atoms in total. The molecule has 0 aliphatic rings. The highest BCUT2D eigenvalue weighted by atomic mass is 16.5. The van der Waals surface area contributed by atoms with Crippen LogP contribution in [0.3, 0.4) is 0 Å². The van der Waals surface area contributed by atoms with Crippen molar-refractivity contribution in [2.45, 2.75) is 33.3 Å². The lowest BCUT2D eigenvalue weighted by Crippen LogP contribution is -2.13. The van der Waals surface area contributed by atoms with Crippen molar-refractivity contribution in [3.8, 4) is 5.88 Å². The molecule has 0 aromatic carbocycles. The van der Waals surface area contributed by atoms with Crippen LogP contribution in [-0.4, -0.2) is 26.8 Å². The van der Waals surface area contributed by atoms with E-state index < -0.39 is 0 Å². The summed E-state index contributed by atoms with van der Waals surface area (Å²) in [6.07, 6.45) is 2.03. The molecule has 0 saturated carbocycles. The van der Waals surface area contributed by atoms with Gasteiger partial charge in [0.2, 0.25) is 11.7 Å². The minimum absolute atomic E-state index is 0.0904. The number of hydrogen-bond acceptors (Lipinski definition) is 4. The molecule has 6 heteroatoms. The quantitative estimate of drug-likeness (QED) is 0.813. The lowest BCUT2D eigenvalue weighted by Gasteiger charge is -2.11. The highest BCUT2D eigenvalue weighted by Crippen LogP contribution is 2.20. The normalized spacial score (nSPS) is 10.8. The fourth-order valence-corrected chi connectivity index (χ4v) is 1.89. The topological polar surface area (TPSA) is 87.8 Å². The zero-order valence-electron chi connectivity index (χ0n) is 11.7. The van der Waals surface area contributed by atoms with Crippen molar-refractivity contribution in [3.05, 3.63) is 45.8 Å². The number of H-pyrrole nitrogens is 2. The Morgan fingerprint density at radius 2 is 2.15 bits per heavy atom. The van der Waals surface area contributed by atoms with Gasteiger partial charge >= 0.3 is 5.69 Å². The number of pyridine rings is 1. The van der Waals surface area contributed by atoms with Crippen LogP contribution in [-0.2, 0) is 6.42 Å². The average molecular weight is 275 g/mol. The monoisotopic (exact) mass is 275 g/mol. The lowest BCUT2D eigenvalue weighted by molar-refractivity contribution is 0.102. The van der Waals surface area contributed by atoms with Gasteiger partial charge in [0.15, 0.2) is 0 Å². The van der Waals surface area contributed by atoms with E-state index in [4.69, 9.17) is 4.74 Å². The summed E-state index contributed by atoms with van der Waals surface area (Å²) in [5.74, 6) is -0.0273. The summed E-state index contributed by atoms with van der Waals surface area (Å²) < 4.78 is 5.53. The van der Waals surface area contributed by atoms with Crippen LogP contribution in [0.4, 0.5) is 0 Å². The Bertz CT molecular complexity index is 670. The molecule has 0 bridgehead atoms. The van der Waals surface area contributed by atoms with Crippen molar-refractivity contribution >= 4 is 5.78 Å². The number of aryl methyl sites for hydroxylation is 1. The number of nitrogens with one attached hydrogen (secondary N) is 2. The van der Waals surface area contributed by atoms with Crippen LogP contribution in [0.15, 0.2) is 23.1 Å². The van der Waals surface area contributed by atoms with Gasteiger partial charge in [-0.05, 0) is 32.4 Å². The Kier molecular flexibility index (Phi) is 4.02. The van der Waals surface area contributed by atoms with Gasteiger partial charge < -0.3 is 14.7 Å². The first kappa shape index (κ1) is 14.0. The minimum Gasteiger partial charge on any atom is -0.474 e. The number of nitrogens with zero attached hydrogens (tertiary/aromatic N) is 1. The Labute approximate surface area is 116 Å². The van der Waals surface area contributed by atoms with Crippen LogP contribution < -0.4 is 10.4 Å². The molecule has 0 aliphatic heterocycles. The van der Waals surface area contributed by atoms with E-state index in [9.17, 15) is 9.59 Å². The molecule has 0 radical (unpaired) electrons. The second-order valence-corrected chi connectivity index (χ2v) is 4.64. The molecular weight excluding hydrogens is 258 g/mol. The average Bonchev–Trinajstić information content (AvgIpc) is 2.79. The maximum atomic E-state index is 12.5. The second-order valence-electron chi connectivity index (χ2n) is 4.64. The van der Waals surface area contributed by atoms with Gasteiger partial charge in [-0.15, -0.1) is 0 Å². The summed E-state index contributed by atoms with van der Waals surface area (Å²) in [4.78, 5) is 33.1. The van der Waals surface area contributed by atoms with Crippen molar-refractivity contribution in [1.82, 2.24) is 15.0 Å². The third-order valence-corrected chi connectivity index (χ3v) is 2.75. The van der Waals surface area contributed by atoms with Crippen molar-refractivity contribution in [1.29, 1.82) is 0 Å². The smallest absolute Gasteiger partial charge is 0.323 e. The first-order valence-electron chi connectivity index (χ1n) is 6.50. The molecule has 2 heterocycles. The predicted octanol–water partition coefficient (Wildman–Crippen LogP) is 1.68. The molecule has 0 unspecified atom stereocenters. The first-order chi connectivity index (χ1) is 9.52. The number of hydrogen-bond donors (Lipinski definition) is 2. The number of carbonyl (C=O) groups excluding carboxylic acids is 1. The van der Waals surface area contributed by atoms with Gasteiger partial charge in [0, 0.05) is 11.9 Å². The van der Waals surface area contributed by atoms with Gasteiger partial charge in [-0.3, -0.25) is 4.79 Å². The van der Waals surface area contributed by atoms with E-state index in [-0.39, 0.29) is 29.2 Å². The Morgan fingerprint density at radius 3 is 2.80 bits per heavy atom. The van der Waals surface area contributed by atoms with Gasteiger partial charge in [0.05, 0.1) is 11.7 Å². The van der Waals surface area contributed by atoms with Crippen molar-refractivity contribution in [2.24, 2.45) is 0 Å². The van der Waals surface area contributed by atoms with Gasteiger partial charge in [0.25, 0.3) is 0 Å². The van der Waals surface area contributed by atoms with Crippen LogP contribution >= 0.6 is 0 Å². The third-order valence-electron chi connectivity index (χ3n) is 2.75. The summed E-state index contributed by atoms with van der Waals surface area (Å²) in [6.45, 7) is 5.59. The number of ketones is 1. The molecule has 2 aromatic rings. The Morgan fingerprint density at radius 1 is 1.40 bits per heavy atom. The van der Waals surface area contributed by atoms with Crippen LogP contribution in [0, 0.1) is 0 Å². The van der Waals surface area contributed by atoms with E-state index in [0.717, 1.165) is 0 Å². The SMILES string of the molecule is CCc1[nH]c(=O)[nH]c1C(=O)c1cccnc1OC(C)C. The van der Waals surface area contributed by atoms with E-state index >= 15 is 0 Å². The molecule has 0 amide bonds. The summed E-state index contributed by atoms with van der Waals surface area (Å²) in [5.41, 5.74) is 0.796. The fraction of sp³-hybridized carbons (Fsp3) is 0.357. The molecule has 2 aromatic heterocycles. The minimum atomic E-state index is -0.389. The summed E-state index contributed by atoms with van der Waals surface area (Å²) in [5, 5.41) is 0. The van der Waals surface area contributed by atoms with Crippen LogP contribution in [0.5, 0.6) is 5.88 Å². The number of aromatic amines is 2. The lowest BCUT2D eigenvalue weighted by atomic mass is 10.1. The van der Waals surface area contributed by atoms with Gasteiger partial charge in [-0.2, -0.15) is 0 Å². The molecule has 2 N–H and O–H groups in total. The fourth-order valence-electron chi connectivity index (χ4n) is 1.89. The molecule has 0 atom stereocenters. The zero-order chi connectivity index (χ0) is 14.7. The Hall–Kier alpha value is -2.37. The van der Waals surface area contributed by atoms with Crippen LogP contribution in [0.2, 0.25) is 0 Å². The molecular formula is C14H17N3O3. The zero-order valence-corrected chi connectivity index (χ0v) is 11.7. The van der Waals surface area contributed by atoms with Crippen LogP contribution in [0.25, 0.3) is 0 Å². The van der Waals surface area contributed by atoms with Gasteiger partial charge in [-0.1, -0.05) is 6.92 Å². The van der Waals surface area contributed by atoms with Crippen molar-refractivity contribution in [2.75, 3.05) is 0 Å². The second kappa shape index (κ2) is 5.73. The summed E-state index contributed by atoms with van der Waals surface area (Å²) in [7, 11) is 0. The number of aromatic nitrogens is 3. The number of carbonyl (C=O) groups is 1. The van der Waals surface area contributed by atoms with Crippen molar-refractivity contribution < 1.29 is 9.53 Å². The highest BCUT2D eigenvalue weighted by molar-refractivity contribution is 6.09. The van der Waals surface area contributed by atoms with Crippen molar-refractivity contribution in [3.63, 3.8) is 0 Å². The number of rotatable bonds is 5.